The predicted octanol–water partition coefficient (Wildman–Crippen LogP) is 5.82. The lowest BCUT2D eigenvalue weighted by Crippen LogP contribution is -2.36. The Morgan fingerprint density at radius 2 is 1.77 bits per heavy atom. The quantitative estimate of drug-likeness (QED) is 0.608. The third-order valence-electron chi connectivity index (χ3n) is 7.57. The average Bonchev–Trinajstić information content (AvgIpc) is 3.44. The van der Waals surface area contributed by atoms with Gasteiger partial charge in [0.15, 0.2) is 0 Å². The number of amidine groups is 1. The first kappa shape index (κ1) is 21.0. The summed E-state index contributed by atoms with van der Waals surface area (Å²) in [5, 5.41) is 3.58. The van der Waals surface area contributed by atoms with E-state index >= 15 is 0 Å². The average molecular weight is 435 g/mol. The third-order valence-corrected chi connectivity index (χ3v) is 8.58. The van der Waals surface area contributed by atoms with E-state index in [0.717, 1.165) is 37.7 Å². The van der Waals surface area contributed by atoms with Gasteiger partial charge in [-0.15, -0.1) is 11.3 Å². The van der Waals surface area contributed by atoms with Crippen molar-refractivity contribution in [2.45, 2.75) is 70.1 Å². The maximum absolute atomic E-state index is 5.12. The topological polar surface area (TPSA) is 40.9 Å². The highest BCUT2D eigenvalue weighted by molar-refractivity contribution is 7.10. The Balaban J connectivity index is 1.31. The Labute approximate surface area is 190 Å². The zero-order valence-electron chi connectivity index (χ0n) is 19.3. The van der Waals surface area contributed by atoms with Crippen LogP contribution < -0.4 is 0 Å². The summed E-state index contributed by atoms with van der Waals surface area (Å²) in [4.78, 5) is 16.4. The molecular weight excluding hydrogens is 400 g/mol. The van der Waals surface area contributed by atoms with Crippen LogP contribution in [0.1, 0.15) is 75.4 Å². The van der Waals surface area contributed by atoms with Crippen LogP contribution in [-0.4, -0.2) is 48.1 Å². The van der Waals surface area contributed by atoms with Gasteiger partial charge >= 0.3 is 0 Å². The minimum Gasteiger partial charge on any atom is -0.296 e. The van der Waals surface area contributed by atoms with Crippen LogP contribution in [0.5, 0.6) is 0 Å². The van der Waals surface area contributed by atoms with Gasteiger partial charge in [0, 0.05) is 23.1 Å². The number of likely N-dealkylation sites (tertiary alicyclic amines) is 1. The van der Waals surface area contributed by atoms with Crippen molar-refractivity contribution >= 4 is 23.4 Å². The summed E-state index contributed by atoms with van der Waals surface area (Å²) < 4.78 is 0. The molecule has 0 bridgehead atoms. The summed E-state index contributed by atoms with van der Waals surface area (Å²) in [5.74, 6) is 1.57. The van der Waals surface area contributed by atoms with Crippen LogP contribution >= 0.6 is 11.3 Å². The molecule has 1 aromatic carbocycles. The Hall–Kier alpha value is -1.85. The minimum atomic E-state index is 0.236. The minimum absolute atomic E-state index is 0.236. The molecule has 5 heteroatoms. The molecule has 31 heavy (non-hydrogen) atoms. The second kappa shape index (κ2) is 7.93. The molecule has 2 aromatic rings. The van der Waals surface area contributed by atoms with Crippen LogP contribution in [0.2, 0.25) is 0 Å². The molecule has 4 nitrogen and oxygen atoms in total. The van der Waals surface area contributed by atoms with Gasteiger partial charge in [-0.25, -0.2) is 9.98 Å². The Morgan fingerprint density at radius 3 is 2.48 bits per heavy atom. The zero-order valence-corrected chi connectivity index (χ0v) is 20.1. The Kier molecular flexibility index (Phi) is 5.38. The first-order valence-electron chi connectivity index (χ1n) is 11.7. The van der Waals surface area contributed by atoms with Crippen LogP contribution in [0.3, 0.4) is 0 Å². The number of aromatic nitrogens is 1. The van der Waals surface area contributed by atoms with Crippen molar-refractivity contribution in [2.75, 3.05) is 26.2 Å². The number of benzene rings is 1. The van der Waals surface area contributed by atoms with E-state index in [1.807, 2.05) is 17.6 Å². The van der Waals surface area contributed by atoms with E-state index in [1.54, 1.807) is 0 Å². The molecular formula is C26H34N4S. The maximum Gasteiger partial charge on any atom is 0.137 e. The normalized spacial score (nSPS) is 23.0. The molecule has 5 rings (SSSR count). The molecule has 3 aliphatic rings. The highest BCUT2D eigenvalue weighted by atomic mass is 32.1. The fourth-order valence-corrected chi connectivity index (χ4v) is 6.32. The lowest BCUT2D eigenvalue weighted by atomic mass is 9.63. The number of thiazole rings is 1. The first-order valence-corrected chi connectivity index (χ1v) is 12.6. The standard InChI is InChI=1S/C26H34N4S/c1-25(2)9-10-26(3,4)21-15-19(5-6-20(21)25)22-17-31-24(29-22)18-7-13-30(14-8-18)16-23-27-11-12-28-23/h5-6,11,15,17-18H,7-10,12-14,16H2,1-4H3. The second-order valence-electron chi connectivity index (χ2n) is 10.7. The number of hydrogen-bond donors (Lipinski definition) is 0. The van der Waals surface area contributed by atoms with E-state index in [1.165, 1.54) is 47.4 Å². The van der Waals surface area contributed by atoms with E-state index < -0.39 is 0 Å². The van der Waals surface area contributed by atoms with E-state index in [2.05, 4.69) is 66.2 Å². The highest BCUT2D eigenvalue weighted by Crippen LogP contribution is 2.47. The van der Waals surface area contributed by atoms with Gasteiger partial charge in [-0.05, 0) is 66.8 Å². The fourth-order valence-electron chi connectivity index (χ4n) is 5.32. The molecule has 1 saturated heterocycles. The number of nitrogens with zero attached hydrogens (tertiary/aromatic N) is 4. The van der Waals surface area contributed by atoms with E-state index in [-0.39, 0.29) is 10.8 Å². The van der Waals surface area contributed by atoms with Gasteiger partial charge in [0.2, 0.25) is 0 Å². The molecule has 2 aliphatic heterocycles. The summed E-state index contributed by atoms with van der Waals surface area (Å²) in [7, 11) is 0. The first-order chi connectivity index (χ1) is 14.8. The molecule has 0 unspecified atom stereocenters. The van der Waals surface area contributed by atoms with Gasteiger partial charge < -0.3 is 0 Å². The Bertz CT molecular complexity index is 1020. The fraction of sp³-hybridized carbons (Fsp3) is 0.577. The lowest BCUT2D eigenvalue weighted by Gasteiger charge is -2.42. The monoisotopic (exact) mass is 434 g/mol. The van der Waals surface area contributed by atoms with E-state index in [0.29, 0.717) is 5.92 Å². The second-order valence-corrected chi connectivity index (χ2v) is 11.6. The van der Waals surface area contributed by atoms with Crippen LogP contribution in [0.15, 0.2) is 33.6 Å². The maximum atomic E-state index is 5.12. The molecule has 3 heterocycles. The molecule has 0 radical (unpaired) electrons. The van der Waals surface area contributed by atoms with Crippen molar-refractivity contribution in [1.29, 1.82) is 0 Å². The third kappa shape index (κ3) is 4.14. The number of fused-ring (bicyclic) bond motifs is 1. The van der Waals surface area contributed by atoms with Gasteiger partial charge in [0.25, 0.3) is 0 Å². The van der Waals surface area contributed by atoms with Gasteiger partial charge in [0.1, 0.15) is 5.84 Å². The van der Waals surface area contributed by atoms with Crippen molar-refractivity contribution in [3.05, 3.63) is 39.7 Å². The van der Waals surface area contributed by atoms with Gasteiger partial charge in [-0.2, -0.15) is 0 Å². The molecule has 0 atom stereocenters. The molecule has 0 N–H and O–H groups in total. The lowest BCUT2D eigenvalue weighted by molar-refractivity contribution is 0.238. The van der Waals surface area contributed by atoms with E-state index in [4.69, 9.17) is 4.98 Å². The van der Waals surface area contributed by atoms with Gasteiger partial charge in [-0.1, -0.05) is 39.8 Å². The molecule has 0 spiro atoms. The molecule has 1 fully saturated rings. The SMILES string of the molecule is CC1(C)CCC(C)(C)c2cc(-c3csc(C4CCN(CC5=NCC=N5)CC4)n3)ccc21. The summed E-state index contributed by atoms with van der Waals surface area (Å²) in [6.07, 6.45) is 6.76. The smallest absolute Gasteiger partial charge is 0.137 e. The highest BCUT2D eigenvalue weighted by Gasteiger charge is 2.37. The summed E-state index contributed by atoms with van der Waals surface area (Å²) in [5.41, 5.74) is 5.97. The van der Waals surface area contributed by atoms with Crippen LogP contribution in [0, 0.1) is 0 Å². The number of piperidine rings is 1. The van der Waals surface area contributed by atoms with Crippen molar-refractivity contribution in [3.63, 3.8) is 0 Å². The van der Waals surface area contributed by atoms with Crippen LogP contribution in [0.25, 0.3) is 11.3 Å². The largest absolute Gasteiger partial charge is 0.296 e. The number of rotatable bonds is 4. The number of hydrogen-bond acceptors (Lipinski definition) is 5. The van der Waals surface area contributed by atoms with Crippen LogP contribution in [-0.2, 0) is 10.8 Å². The molecule has 1 aromatic heterocycles. The van der Waals surface area contributed by atoms with Crippen molar-refractivity contribution < 1.29 is 0 Å². The Morgan fingerprint density at radius 1 is 1.03 bits per heavy atom. The van der Waals surface area contributed by atoms with Crippen molar-refractivity contribution in [2.24, 2.45) is 9.98 Å². The number of aliphatic imine (C=N–C) groups is 2. The van der Waals surface area contributed by atoms with Gasteiger partial charge in [0.05, 0.1) is 23.8 Å². The molecule has 1 aliphatic carbocycles. The summed E-state index contributed by atoms with van der Waals surface area (Å²) >= 11 is 1.85. The van der Waals surface area contributed by atoms with Gasteiger partial charge in [-0.3, -0.25) is 9.89 Å². The van der Waals surface area contributed by atoms with Crippen molar-refractivity contribution in [1.82, 2.24) is 9.88 Å². The van der Waals surface area contributed by atoms with Crippen molar-refractivity contribution in [3.8, 4) is 11.3 Å². The van der Waals surface area contributed by atoms with E-state index in [9.17, 15) is 0 Å². The molecule has 0 saturated carbocycles. The predicted molar refractivity (Wildman–Crippen MR) is 132 cm³/mol. The molecule has 0 amide bonds. The summed E-state index contributed by atoms with van der Waals surface area (Å²) in [6.45, 7) is 13.4. The summed E-state index contributed by atoms with van der Waals surface area (Å²) in [6, 6.07) is 7.10. The molecule has 164 valence electrons. The van der Waals surface area contributed by atoms with Crippen LogP contribution in [0.4, 0.5) is 0 Å². The zero-order chi connectivity index (χ0) is 21.6.